The van der Waals surface area contributed by atoms with Crippen LogP contribution in [0.2, 0.25) is 0 Å². The van der Waals surface area contributed by atoms with Gasteiger partial charge in [-0.05, 0) is 24.6 Å². The Bertz CT molecular complexity index is 801. The van der Waals surface area contributed by atoms with Gasteiger partial charge in [0.25, 0.3) is 5.91 Å². The van der Waals surface area contributed by atoms with Gasteiger partial charge in [0.15, 0.2) is 0 Å². The number of carbonyl (C=O) groups is 2. The number of benzene rings is 1. The lowest BCUT2D eigenvalue weighted by Crippen LogP contribution is -2.41. The molecule has 1 saturated heterocycles. The van der Waals surface area contributed by atoms with Crippen molar-refractivity contribution in [2.75, 3.05) is 12.8 Å². The van der Waals surface area contributed by atoms with Crippen LogP contribution in [-0.2, 0) is 14.8 Å². The van der Waals surface area contributed by atoms with Gasteiger partial charge < -0.3 is 4.90 Å². The largest absolute Gasteiger partial charge is 0.325 e. The number of rotatable bonds is 4. The van der Waals surface area contributed by atoms with E-state index in [-0.39, 0.29) is 5.91 Å². The Morgan fingerprint density at radius 3 is 2.50 bits per heavy atom. The van der Waals surface area contributed by atoms with Crippen LogP contribution in [0.3, 0.4) is 0 Å². The molecule has 1 aromatic rings. The molecule has 2 aliphatic heterocycles. The second-order valence-corrected chi connectivity index (χ2v) is 7.99. The lowest BCUT2D eigenvalue weighted by Gasteiger charge is -2.27. The summed E-state index contributed by atoms with van der Waals surface area (Å²) in [7, 11) is -3.69. The molecule has 0 bridgehead atoms. The summed E-state index contributed by atoms with van der Waals surface area (Å²) in [6, 6.07) is 8.34. The minimum atomic E-state index is -3.69. The Hall–Kier alpha value is -2.15. The predicted octanol–water partition coefficient (Wildman–Crippen LogP) is 1.61. The SMILES string of the molecule is CCC[C@H]1C(=O)N(S(C)(=O)=O)C2=CCN(C(=O)c3ccccc3)[C@@H]21. The molecular weight excluding hydrogens is 328 g/mol. The van der Waals surface area contributed by atoms with E-state index in [4.69, 9.17) is 0 Å². The van der Waals surface area contributed by atoms with Gasteiger partial charge in [-0.3, -0.25) is 9.59 Å². The van der Waals surface area contributed by atoms with Crippen LogP contribution in [0.5, 0.6) is 0 Å². The van der Waals surface area contributed by atoms with Gasteiger partial charge >= 0.3 is 0 Å². The molecule has 6 nitrogen and oxygen atoms in total. The summed E-state index contributed by atoms with van der Waals surface area (Å²) >= 11 is 0. The molecule has 1 aromatic carbocycles. The number of amides is 2. The number of hydrogen-bond acceptors (Lipinski definition) is 4. The average Bonchev–Trinajstić information content (AvgIpc) is 3.06. The van der Waals surface area contributed by atoms with Crippen LogP contribution in [0.25, 0.3) is 0 Å². The highest BCUT2D eigenvalue weighted by molar-refractivity contribution is 7.89. The highest BCUT2D eigenvalue weighted by Gasteiger charge is 2.53. The molecule has 7 heteroatoms. The van der Waals surface area contributed by atoms with E-state index < -0.39 is 27.9 Å². The zero-order valence-electron chi connectivity index (χ0n) is 13.7. The van der Waals surface area contributed by atoms with E-state index in [9.17, 15) is 18.0 Å². The fourth-order valence-electron chi connectivity index (χ4n) is 3.53. The normalized spacial score (nSPS) is 23.4. The van der Waals surface area contributed by atoms with Crippen molar-refractivity contribution in [1.29, 1.82) is 0 Å². The molecule has 0 N–H and O–H groups in total. The van der Waals surface area contributed by atoms with Gasteiger partial charge in [-0.15, -0.1) is 0 Å². The summed E-state index contributed by atoms with van der Waals surface area (Å²) in [5, 5.41) is 0. The second kappa shape index (κ2) is 6.05. The van der Waals surface area contributed by atoms with Crippen molar-refractivity contribution in [3.8, 4) is 0 Å². The van der Waals surface area contributed by atoms with E-state index in [2.05, 4.69) is 0 Å². The number of sulfonamides is 1. The van der Waals surface area contributed by atoms with Crippen LogP contribution < -0.4 is 0 Å². The Kier molecular flexibility index (Phi) is 4.21. The molecule has 0 spiro atoms. The molecule has 3 rings (SSSR count). The second-order valence-electron chi connectivity index (χ2n) is 6.16. The molecule has 128 valence electrons. The van der Waals surface area contributed by atoms with Gasteiger partial charge in [0.2, 0.25) is 15.9 Å². The smallest absolute Gasteiger partial charge is 0.254 e. The van der Waals surface area contributed by atoms with Crippen LogP contribution >= 0.6 is 0 Å². The van der Waals surface area contributed by atoms with Gasteiger partial charge in [-0.1, -0.05) is 31.5 Å². The molecule has 0 saturated carbocycles. The summed E-state index contributed by atoms with van der Waals surface area (Å²) in [4.78, 5) is 27.0. The third-order valence-corrected chi connectivity index (χ3v) is 5.54. The lowest BCUT2D eigenvalue weighted by molar-refractivity contribution is -0.127. The summed E-state index contributed by atoms with van der Waals surface area (Å²) in [5.41, 5.74) is 0.956. The van der Waals surface area contributed by atoms with Crippen LogP contribution in [-0.4, -0.2) is 48.3 Å². The molecule has 1 fully saturated rings. The Morgan fingerprint density at radius 2 is 1.92 bits per heavy atom. The van der Waals surface area contributed by atoms with Crippen molar-refractivity contribution in [3.05, 3.63) is 47.7 Å². The van der Waals surface area contributed by atoms with Gasteiger partial charge in [0, 0.05) is 12.1 Å². The van der Waals surface area contributed by atoms with Gasteiger partial charge in [0.05, 0.1) is 23.9 Å². The molecule has 0 radical (unpaired) electrons. The highest BCUT2D eigenvalue weighted by Crippen LogP contribution is 2.40. The molecule has 0 unspecified atom stereocenters. The molecule has 24 heavy (non-hydrogen) atoms. The van der Waals surface area contributed by atoms with Crippen molar-refractivity contribution < 1.29 is 18.0 Å². The van der Waals surface area contributed by atoms with Gasteiger partial charge in [-0.25, -0.2) is 12.7 Å². The van der Waals surface area contributed by atoms with E-state index in [1.807, 2.05) is 13.0 Å². The van der Waals surface area contributed by atoms with Crippen LogP contribution in [0, 0.1) is 5.92 Å². The summed E-state index contributed by atoms with van der Waals surface area (Å²) in [6.07, 6.45) is 4.00. The third-order valence-electron chi connectivity index (χ3n) is 4.48. The first-order valence-corrected chi connectivity index (χ1v) is 9.81. The average molecular weight is 348 g/mol. The van der Waals surface area contributed by atoms with E-state index in [0.717, 1.165) is 17.0 Å². The minimum absolute atomic E-state index is 0.184. The first-order chi connectivity index (χ1) is 11.4. The quantitative estimate of drug-likeness (QED) is 0.828. The number of carbonyl (C=O) groups excluding carboxylic acids is 2. The van der Waals surface area contributed by atoms with E-state index in [1.165, 1.54) is 0 Å². The maximum absolute atomic E-state index is 12.8. The Morgan fingerprint density at radius 1 is 1.25 bits per heavy atom. The van der Waals surface area contributed by atoms with E-state index in [1.54, 1.807) is 35.2 Å². The molecule has 2 amide bonds. The topological polar surface area (TPSA) is 74.8 Å². The molecule has 0 aliphatic carbocycles. The molecular formula is C17H20N2O4S. The predicted molar refractivity (Wildman–Crippen MR) is 89.4 cm³/mol. The zero-order valence-corrected chi connectivity index (χ0v) is 14.5. The number of hydrogen-bond donors (Lipinski definition) is 0. The zero-order chi connectivity index (χ0) is 17.5. The fraction of sp³-hybridized carbons (Fsp3) is 0.412. The number of nitrogens with zero attached hydrogens (tertiary/aromatic N) is 2. The van der Waals surface area contributed by atoms with Gasteiger partial charge in [-0.2, -0.15) is 0 Å². The van der Waals surface area contributed by atoms with E-state index in [0.29, 0.717) is 24.2 Å². The van der Waals surface area contributed by atoms with E-state index >= 15 is 0 Å². The lowest BCUT2D eigenvalue weighted by atomic mass is 9.95. The standard InChI is InChI=1S/C17H20N2O4S/c1-3-7-13-15-14(19(17(13)21)24(2,22)23)10-11-18(15)16(20)12-8-5-4-6-9-12/h4-6,8-10,13,15H,3,7,11H2,1-2H3/t13-,15-/m1/s1. The van der Waals surface area contributed by atoms with Crippen LogP contribution in [0.1, 0.15) is 30.1 Å². The van der Waals surface area contributed by atoms with Crippen LogP contribution in [0.4, 0.5) is 0 Å². The van der Waals surface area contributed by atoms with Crippen molar-refractivity contribution in [2.45, 2.75) is 25.8 Å². The first kappa shape index (κ1) is 16.7. The summed E-state index contributed by atoms with van der Waals surface area (Å²) in [6.45, 7) is 2.26. The Balaban J connectivity index is 1.98. The van der Waals surface area contributed by atoms with Crippen molar-refractivity contribution in [1.82, 2.24) is 9.21 Å². The van der Waals surface area contributed by atoms with Crippen molar-refractivity contribution in [2.24, 2.45) is 5.92 Å². The maximum Gasteiger partial charge on any atom is 0.254 e. The molecule has 2 heterocycles. The monoisotopic (exact) mass is 348 g/mol. The van der Waals surface area contributed by atoms with Crippen LogP contribution in [0.15, 0.2) is 42.1 Å². The highest BCUT2D eigenvalue weighted by atomic mass is 32.2. The minimum Gasteiger partial charge on any atom is -0.325 e. The number of fused-ring (bicyclic) bond motifs is 1. The first-order valence-electron chi connectivity index (χ1n) is 7.96. The summed E-state index contributed by atoms with van der Waals surface area (Å²) < 4.78 is 25.0. The van der Waals surface area contributed by atoms with Crippen molar-refractivity contribution in [3.63, 3.8) is 0 Å². The summed E-state index contributed by atoms with van der Waals surface area (Å²) in [5.74, 6) is -1.12. The maximum atomic E-state index is 12.8. The third kappa shape index (κ3) is 2.62. The molecule has 0 aromatic heterocycles. The molecule has 2 aliphatic rings. The van der Waals surface area contributed by atoms with Gasteiger partial charge in [0.1, 0.15) is 0 Å². The van der Waals surface area contributed by atoms with Crippen molar-refractivity contribution >= 4 is 21.8 Å². The Labute approximate surface area is 141 Å². The molecule has 2 atom stereocenters. The fourth-order valence-corrected chi connectivity index (χ4v) is 4.56.